The van der Waals surface area contributed by atoms with Crippen molar-refractivity contribution < 1.29 is 18.3 Å². The van der Waals surface area contributed by atoms with Gasteiger partial charge in [-0.2, -0.15) is 13.2 Å². The van der Waals surface area contributed by atoms with E-state index in [1.807, 2.05) is 0 Å². The molecule has 0 saturated heterocycles. The maximum atomic E-state index is 12.1. The molecule has 1 aliphatic rings. The van der Waals surface area contributed by atoms with Gasteiger partial charge in [-0.25, -0.2) is 0 Å². The van der Waals surface area contributed by atoms with Crippen molar-refractivity contribution in [3.05, 3.63) is 0 Å². The van der Waals surface area contributed by atoms with Crippen LogP contribution in [0.3, 0.4) is 0 Å². The molecule has 1 rings (SSSR count). The molecule has 0 aromatic rings. The molecule has 1 fully saturated rings. The van der Waals surface area contributed by atoms with Crippen LogP contribution >= 0.6 is 0 Å². The Balaban J connectivity index is 2.12. The number of hydrogen-bond donors (Lipinski definition) is 1. The normalized spacial score (nSPS) is 27.8. The lowest BCUT2D eigenvalue weighted by Gasteiger charge is -2.13. The van der Waals surface area contributed by atoms with Gasteiger partial charge in [0.2, 0.25) is 0 Å². The van der Waals surface area contributed by atoms with Gasteiger partial charge in [0.05, 0.1) is 0 Å². The van der Waals surface area contributed by atoms with Gasteiger partial charge < -0.3 is 5.11 Å². The first-order chi connectivity index (χ1) is 6.96. The lowest BCUT2D eigenvalue weighted by atomic mass is 10.1. The van der Waals surface area contributed by atoms with Crippen molar-refractivity contribution >= 4 is 0 Å². The molecule has 1 saturated carbocycles. The summed E-state index contributed by atoms with van der Waals surface area (Å²) in [7, 11) is 0. The molecule has 4 heteroatoms. The van der Waals surface area contributed by atoms with Gasteiger partial charge in [-0.1, -0.05) is 39.0 Å². The van der Waals surface area contributed by atoms with Gasteiger partial charge in [-0.3, -0.25) is 0 Å². The number of halogens is 3. The second kappa shape index (κ2) is 5.19. The van der Waals surface area contributed by atoms with Crippen molar-refractivity contribution in [1.82, 2.24) is 0 Å². The summed E-state index contributed by atoms with van der Waals surface area (Å²) in [5.74, 6) is -0.412. The van der Waals surface area contributed by atoms with Gasteiger partial charge in [0.1, 0.15) is 0 Å². The highest BCUT2D eigenvalue weighted by atomic mass is 19.4. The Bertz CT molecular complexity index is 191. The van der Waals surface area contributed by atoms with Crippen molar-refractivity contribution in [3.8, 4) is 0 Å². The fourth-order valence-electron chi connectivity index (χ4n) is 2.07. The Morgan fingerprint density at radius 3 is 2.47 bits per heavy atom. The number of aliphatic hydroxyl groups is 1. The van der Waals surface area contributed by atoms with Gasteiger partial charge in [0, 0.05) is 0 Å². The van der Waals surface area contributed by atoms with E-state index in [4.69, 9.17) is 5.11 Å². The van der Waals surface area contributed by atoms with Crippen molar-refractivity contribution in [1.29, 1.82) is 0 Å². The lowest BCUT2D eigenvalue weighted by molar-refractivity contribution is -0.211. The lowest BCUT2D eigenvalue weighted by Crippen LogP contribution is -2.31. The van der Waals surface area contributed by atoms with Crippen LogP contribution in [0, 0.1) is 11.8 Å². The van der Waals surface area contributed by atoms with E-state index < -0.39 is 18.2 Å². The quantitative estimate of drug-likeness (QED) is 0.684. The van der Waals surface area contributed by atoms with Crippen LogP contribution in [0.15, 0.2) is 0 Å². The minimum atomic E-state index is -4.43. The van der Waals surface area contributed by atoms with Crippen LogP contribution < -0.4 is 0 Å². The average Bonchev–Trinajstić information content (AvgIpc) is 2.89. The summed E-state index contributed by atoms with van der Waals surface area (Å²) in [5, 5.41) is 8.97. The van der Waals surface area contributed by atoms with E-state index in [1.165, 1.54) is 0 Å². The SMILES string of the molecule is CCCCCC[C@@H]1C[C@@H]1[C@@H](O)C(F)(F)F. The number of hydrogen-bond acceptors (Lipinski definition) is 1. The molecule has 1 aliphatic carbocycles. The summed E-state index contributed by atoms with van der Waals surface area (Å²) in [6.45, 7) is 2.10. The number of rotatable bonds is 6. The first kappa shape index (κ1) is 12.8. The molecular formula is C11H19F3O. The second-order valence-corrected chi connectivity index (χ2v) is 4.50. The minimum absolute atomic E-state index is 0.110. The van der Waals surface area contributed by atoms with Gasteiger partial charge >= 0.3 is 6.18 Å². The van der Waals surface area contributed by atoms with Crippen LogP contribution in [0.2, 0.25) is 0 Å². The van der Waals surface area contributed by atoms with E-state index in [0.717, 1.165) is 32.1 Å². The molecular weight excluding hydrogens is 205 g/mol. The highest BCUT2D eigenvalue weighted by Gasteiger charge is 2.53. The minimum Gasteiger partial charge on any atom is -0.383 e. The predicted molar refractivity (Wildman–Crippen MR) is 52.4 cm³/mol. The predicted octanol–water partition coefficient (Wildman–Crippen LogP) is 3.52. The molecule has 90 valence electrons. The molecule has 0 spiro atoms. The third-order valence-electron chi connectivity index (χ3n) is 3.15. The first-order valence-electron chi connectivity index (χ1n) is 5.71. The summed E-state index contributed by atoms with van der Waals surface area (Å²) < 4.78 is 36.3. The maximum absolute atomic E-state index is 12.1. The van der Waals surface area contributed by atoms with Crippen LogP contribution in [0.25, 0.3) is 0 Å². The zero-order valence-electron chi connectivity index (χ0n) is 9.06. The molecule has 0 aromatic carbocycles. The maximum Gasteiger partial charge on any atom is 0.414 e. The fourth-order valence-corrected chi connectivity index (χ4v) is 2.07. The van der Waals surface area contributed by atoms with E-state index in [9.17, 15) is 13.2 Å². The molecule has 1 N–H and O–H groups in total. The molecule has 0 amide bonds. The van der Waals surface area contributed by atoms with E-state index in [2.05, 4.69) is 6.92 Å². The van der Waals surface area contributed by atoms with Gasteiger partial charge in [0.15, 0.2) is 6.10 Å². The van der Waals surface area contributed by atoms with Crippen LogP contribution in [-0.2, 0) is 0 Å². The smallest absolute Gasteiger partial charge is 0.383 e. The highest BCUT2D eigenvalue weighted by Crippen LogP contribution is 2.48. The van der Waals surface area contributed by atoms with Crippen molar-refractivity contribution in [3.63, 3.8) is 0 Å². The molecule has 0 unspecified atom stereocenters. The Morgan fingerprint density at radius 1 is 1.27 bits per heavy atom. The Morgan fingerprint density at radius 2 is 1.93 bits per heavy atom. The van der Waals surface area contributed by atoms with E-state index in [1.54, 1.807) is 0 Å². The van der Waals surface area contributed by atoms with Crippen LogP contribution in [0.1, 0.15) is 45.4 Å². The first-order valence-corrected chi connectivity index (χ1v) is 5.71. The molecule has 0 radical (unpaired) electrons. The summed E-state index contributed by atoms with van der Waals surface area (Å²) in [6, 6.07) is 0. The Kier molecular flexibility index (Phi) is 4.44. The number of alkyl halides is 3. The van der Waals surface area contributed by atoms with Crippen LogP contribution in [0.5, 0.6) is 0 Å². The molecule has 0 aromatic heterocycles. The third kappa shape index (κ3) is 4.01. The van der Waals surface area contributed by atoms with Gasteiger partial charge in [0.25, 0.3) is 0 Å². The molecule has 3 atom stereocenters. The molecule has 1 nitrogen and oxygen atoms in total. The highest BCUT2D eigenvalue weighted by molar-refractivity contribution is 4.93. The zero-order valence-corrected chi connectivity index (χ0v) is 9.06. The van der Waals surface area contributed by atoms with Crippen molar-refractivity contribution in [2.75, 3.05) is 0 Å². The standard InChI is InChI=1S/C11H19F3O/c1-2-3-4-5-6-8-7-9(8)10(15)11(12,13)14/h8-10,15H,2-7H2,1H3/t8-,9+,10-/m1/s1. The summed E-state index contributed by atoms with van der Waals surface area (Å²) in [6.07, 6.45) is -0.735. The van der Waals surface area contributed by atoms with Crippen molar-refractivity contribution in [2.45, 2.75) is 57.7 Å². The number of aliphatic hydroxyl groups excluding tert-OH is 1. The van der Waals surface area contributed by atoms with E-state index in [-0.39, 0.29) is 5.92 Å². The van der Waals surface area contributed by atoms with Crippen molar-refractivity contribution in [2.24, 2.45) is 11.8 Å². The Hall–Kier alpha value is -0.250. The zero-order chi connectivity index (χ0) is 11.5. The summed E-state index contributed by atoms with van der Waals surface area (Å²) in [5.41, 5.74) is 0. The summed E-state index contributed by atoms with van der Waals surface area (Å²) >= 11 is 0. The monoisotopic (exact) mass is 224 g/mol. The third-order valence-corrected chi connectivity index (χ3v) is 3.15. The second-order valence-electron chi connectivity index (χ2n) is 4.50. The molecule has 0 bridgehead atoms. The molecule has 15 heavy (non-hydrogen) atoms. The summed E-state index contributed by atoms with van der Waals surface area (Å²) in [4.78, 5) is 0. The van der Waals surface area contributed by atoms with Crippen LogP contribution in [0.4, 0.5) is 13.2 Å². The van der Waals surface area contributed by atoms with E-state index in [0.29, 0.717) is 6.42 Å². The van der Waals surface area contributed by atoms with Gasteiger partial charge in [-0.15, -0.1) is 0 Å². The fraction of sp³-hybridized carbons (Fsp3) is 1.00. The molecule has 0 heterocycles. The topological polar surface area (TPSA) is 20.2 Å². The largest absolute Gasteiger partial charge is 0.414 e. The van der Waals surface area contributed by atoms with Gasteiger partial charge in [-0.05, 0) is 18.3 Å². The van der Waals surface area contributed by atoms with Crippen LogP contribution in [-0.4, -0.2) is 17.4 Å². The Labute approximate surface area is 88.7 Å². The number of unbranched alkanes of at least 4 members (excludes halogenated alkanes) is 3. The molecule has 0 aliphatic heterocycles. The van der Waals surface area contributed by atoms with E-state index >= 15 is 0 Å². The average molecular weight is 224 g/mol.